The van der Waals surface area contributed by atoms with Crippen LogP contribution in [0.5, 0.6) is 0 Å². The van der Waals surface area contributed by atoms with Crippen molar-refractivity contribution in [3.8, 4) is 0 Å². The molecule has 0 heterocycles. The van der Waals surface area contributed by atoms with Gasteiger partial charge in [0.25, 0.3) is 0 Å². The average Bonchev–Trinajstić information content (AvgIpc) is 2.28. The van der Waals surface area contributed by atoms with Gasteiger partial charge in [-0.1, -0.05) is 35.0 Å². The fraction of sp³-hybridized carbons (Fsp3) is 0.462. The lowest BCUT2D eigenvalue weighted by Gasteiger charge is -2.16. The Bertz CT molecular complexity index is 381. The quantitative estimate of drug-likeness (QED) is 0.878. The monoisotopic (exact) mass is 298 g/mol. The molecule has 0 bridgehead atoms. The zero-order valence-corrected chi connectivity index (χ0v) is 11.8. The Kier molecular flexibility index (Phi) is 5.65. The molecule has 0 aromatic heterocycles. The maximum absolute atomic E-state index is 11.7. The predicted molar refractivity (Wildman–Crippen MR) is 73.6 cm³/mol. The van der Waals surface area contributed by atoms with Crippen molar-refractivity contribution in [1.29, 1.82) is 0 Å². The highest BCUT2D eigenvalue weighted by Crippen LogP contribution is 2.17. The normalized spacial score (nSPS) is 14.1. The SMILES string of the molecule is CCC(N)CC(=O)N[C@@H](C)c1cccc(Br)c1. The molecule has 0 radical (unpaired) electrons. The molecular weight excluding hydrogens is 280 g/mol. The Morgan fingerprint density at radius 1 is 1.53 bits per heavy atom. The van der Waals surface area contributed by atoms with Crippen LogP contribution in [0.4, 0.5) is 0 Å². The summed E-state index contributed by atoms with van der Waals surface area (Å²) in [5.41, 5.74) is 6.83. The summed E-state index contributed by atoms with van der Waals surface area (Å²) < 4.78 is 1.02. The van der Waals surface area contributed by atoms with E-state index in [-0.39, 0.29) is 18.0 Å². The molecule has 1 aromatic carbocycles. The van der Waals surface area contributed by atoms with Crippen molar-refractivity contribution in [2.75, 3.05) is 0 Å². The first-order valence-corrected chi connectivity index (χ1v) is 6.62. The predicted octanol–water partition coefficient (Wildman–Crippen LogP) is 2.75. The number of carbonyl (C=O) groups is 1. The van der Waals surface area contributed by atoms with Gasteiger partial charge in [0.05, 0.1) is 6.04 Å². The van der Waals surface area contributed by atoms with Gasteiger partial charge in [-0.05, 0) is 31.0 Å². The number of rotatable bonds is 5. The minimum Gasteiger partial charge on any atom is -0.350 e. The molecule has 3 nitrogen and oxygen atoms in total. The lowest BCUT2D eigenvalue weighted by molar-refractivity contribution is -0.122. The van der Waals surface area contributed by atoms with Crippen LogP contribution in [0, 0.1) is 0 Å². The van der Waals surface area contributed by atoms with E-state index in [2.05, 4.69) is 21.2 Å². The number of amides is 1. The number of nitrogens with two attached hydrogens (primary N) is 1. The summed E-state index contributed by atoms with van der Waals surface area (Å²) in [4.78, 5) is 11.7. The van der Waals surface area contributed by atoms with Crippen LogP contribution in [0.3, 0.4) is 0 Å². The largest absolute Gasteiger partial charge is 0.350 e. The molecule has 1 rings (SSSR count). The third-order valence-corrected chi connectivity index (χ3v) is 3.19. The maximum Gasteiger partial charge on any atom is 0.222 e. The van der Waals surface area contributed by atoms with Gasteiger partial charge in [-0.15, -0.1) is 0 Å². The molecule has 2 atom stereocenters. The van der Waals surface area contributed by atoms with E-state index in [4.69, 9.17) is 5.73 Å². The molecule has 0 saturated heterocycles. The van der Waals surface area contributed by atoms with Gasteiger partial charge >= 0.3 is 0 Å². The highest BCUT2D eigenvalue weighted by molar-refractivity contribution is 9.10. The van der Waals surface area contributed by atoms with Crippen molar-refractivity contribution >= 4 is 21.8 Å². The van der Waals surface area contributed by atoms with Crippen molar-refractivity contribution in [2.24, 2.45) is 5.73 Å². The minimum absolute atomic E-state index is 0.00376. The lowest BCUT2D eigenvalue weighted by atomic mass is 10.1. The van der Waals surface area contributed by atoms with Gasteiger partial charge in [-0.2, -0.15) is 0 Å². The smallest absolute Gasteiger partial charge is 0.222 e. The standard InChI is InChI=1S/C13H19BrN2O/c1-3-12(15)8-13(17)16-9(2)10-5-4-6-11(14)7-10/h4-7,9,12H,3,8,15H2,1-2H3,(H,16,17)/t9-,12?/m0/s1. The van der Waals surface area contributed by atoms with Crippen LogP contribution in [-0.4, -0.2) is 11.9 Å². The Hall–Kier alpha value is -0.870. The van der Waals surface area contributed by atoms with E-state index in [1.54, 1.807) is 0 Å². The molecule has 0 aliphatic heterocycles. The van der Waals surface area contributed by atoms with E-state index < -0.39 is 0 Å². The van der Waals surface area contributed by atoms with Gasteiger partial charge in [0.15, 0.2) is 0 Å². The van der Waals surface area contributed by atoms with Crippen LogP contribution in [0.1, 0.15) is 38.3 Å². The second kappa shape index (κ2) is 6.77. The van der Waals surface area contributed by atoms with E-state index in [1.807, 2.05) is 38.1 Å². The summed E-state index contributed by atoms with van der Waals surface area (Å²) in [7, 11) is 0. The van der Waals surface area contributed by atoms with E-state index in [9.17, 15) is 4.79 Å². The first kappa shape index (κ1) is 14.2. The molecule has 3 N–H and O–H groups in total. The van der Waals surface area contributed by atoms with E-state index in [0.29, 0.717) is 6.42 Å². The third kappa shape index (κ3) is 4.88. The Morgan fingerprint density at radius 3 is 2.82 bits per heavy atom. The Morgan fingerprint density at radius 2 is 2.24 bits per heavy atom. The van der Waals surface area contributed by atoms with Crippen LogP contribution < -0.4 is 11.1 Å². The van der Waals surface area contributed by atoms with Gasteiger partial charge in [0, 0.05) is 16.9 Å². The molecular formula is C13H19BrN2O. The van der Waals surface area contributed by atoms with Gasteiger partial charge in [-0.25, -0.2) is 0 Å². The summed E-state index contributed by atoms with van der Waals surface area (Å²) in [5, 5.41) is 2.95. The molecule has 94 valence electrons. The molecule has 1 aromatic rings. The van der Waals surface area contributed by atoms with Crippen molar-refractivity contribution in [3.63, 3.8) is 0 Å². The van der Waals surface area contributed by atoms with E-state index >= 15 is 0 Å². The number of hydrogen-bond acceptors (Lipinski definition) is 2. The maximum atomic E-state index is 11.7. The number of carbonyl (C=O) groups excluding carboxylic acids is 1. The zero-order chi connectivity index (χ0) is 12.8. The van der Waals surface area contributed by atoms with E-state index in [1.165, 1.54) is 0 Å². The number of benzene rings is 1. The highest BCUT2D eigenvalue weighted by Gasteiger charge is 2.12. The van der Waals surface area contributed by atoms with Gasteiger partial charge in [0.1, 0.15) is 0 Å². The molecule has 1 unspecified atom stereocenters. The molecule has 0 saturated carbocycles. The molecule has 0 aliphatic carbocycles. The average molecular weight is 299 g/mol. The second-order valence-corrected chi connectivity index (χ2v) is 5.13. The fourth-order valence-electron chi connectivity index (χ4n) is 1.54. The summed E-state index contributed by atoms with van der Waals surface area (Å²) in [6, 6.07) is 7.87. The minimum atomic E-state index is -0.0512. The molecule has 4 heteroatoms. The van der Waals surface area contributed by atoms with Crippen LogP contribution in [0.2, 0.25) is 0 Å². The Balaban J connectivity index is 2.54. The van der Waals surface area contributed by atoms with Crippen LogP contribution in [-0.2, 0) is 4.79 Å². The van der Waals surface area contributed by atoms with Crippen LogP contribution >= 0.6 is 15.9 Å². The van der Waals surface area contributed by atoms with Gasteiger partial charge in [0.2, 0.25) is 5.91 Å². The number of hydrogen-bond donors (Lipinski definition) is 2. The van der Waals surface area contributed by atoms with Crippen molar-refractivity contribution in [2.45, 2.75) is 38.8 Å². The first-order chi connectivity index (χ1) is 8.02. The van der Waals surface area contributed by atoms with Crippen molar-refractivity contribution in [3.05, 3.63) is 34.3 Å². The molecule has 0 fully saturated rings. The number of nitrogens with one attached hydrogen (secondary N) is 1. The molecule has 1 amide bonds. The summed E-state index contributed by atoms with van der Waals surface area (Å²) in [5.74, 6) is 0.00632. The topological polar surface area (TPSA) is 55.1 Å². The van der Waals surface area contributed by atoms with E-state index in [0.717, 1.165) is 16.5 Å². The van der Waals surface area contributed by atoms with Gasteiger partial charge in [-0.3, -0.25) is 4.79 Å². The summed E-state index contributed by atoms with van der Waals surface area (Å²) in [6.07, 6.45) is 1.20. The number of halogens is 1. The third-order valence-electron chi connectivity index (χ3n) is 2.70. The highest BCUT2D eigenvalue weighted by atomic mass is 79.9. The molecule has 0 aliphatic rings. The molecule has 0 spiro atoms. The molecule has 17 heavy (non-hydrogen) atoms. The first-order valence-electron chi connectivity index (χ1n) is 5.83. The summed E-state index contributed by atoms with van der Waals surface area (Å²) in [6.45, 7) is 3.95. The lowest BCUT2D eigenvalue weighted by Crippen LogP contribution is -2.32. The summed E-state index contributed by atoms with van der Waals surface area (Å²) >= 11 is 3.42. The van der Waals surface area contributed by atoms with Crippen LogP contribution in [0.15, 0.2) is 28.7 Å². The van der Waals surface area contributed by atoms with Crippen molar-refractivity contribution in [1.82, 2.24) is 5.32 Å². The van der Waals surface area contributed by atoms with Gasteiger partial charge < -0.3 is 11.1 Å². The Labute approximate surface area is 111 Å². The van der Waals surface area contributed by atoms with Crippen molar-refractivity contribution < 1.29 is 4.79 Å². The second-order valence-electron chi connectivity index (χ2n) is 4.22. The fourth-order valence-corrected chi connectivity index (χ4v) is 1.96. The zero-order valence-electron chi connectivity index (χ0n) is 10.2. The van der Waals surface area contributed by atoms with Crippen LogP contribution in [0.25, 0.3) is 0 Å².